The normalized spacial score (nSPS) is 23.9. The average Bonchev–Trinajstić information content (AvgIpc) is 2.62. The van der Waals surface area contributed by atoms with Gasteiger partial charge >= 0.3 is 0 Å². The highest BCUT2D eigenvalue weighted by Crippen LogP contribution is 2.22. The number of benzene rings is 1. The molecule has 1 unspecified atom stereocenters. The Bertz CT molecular complexity index is 386. The minimum atomic E-state index is 0.0817. The lowest BCUT2D eigenvalue weighted by Crippen LogP contribution is -2.16. The van der Waals surface area contributed by atoms with Gasteiger partial charge in [0.1, 0.15) is 0 Å². The third-order valence-corrected chi connectivity index (χ3v) is 4.47. The molecule has 24 heavy (non-hydrogen) atoms. The molecule has 0 aromatic heterocycles. The topological polar surface area (TPSA) is 46.2 Å². The molecule has 0 radical (unpaired) electrons. The Morgan fingerprint density at radius 2 is 1.21 bits per heavy atom. The van der Waals surface area contributed by atoms with E-state index < -0.39 is 0 Å². The maximum Gasteiger partial charge on any atom is 0.0916 e. The van der Waals surface area contributed by atoms with E-state index in [1.165, 1.54) is 5.56 Å². The van der Waals surface area contributed by atoms with E-state index in [0.717, 1.165) is 18.1 Å². The quantitative estimate of drug-likeness (QED) is 0.771. The molecule has 2 rings (SSSR count). The van der Waals surface area contributed by atoms with Crippen LogP contribution in [0.15, 0.2) is 30.3 Å². The molecule has 136 valence electrons. The largest absolute Gasteiger partial charge is 0.378 e. The number of thioether (sulfide) groups is 1. The number of ether oxygens (including phenoxy) is 5. The fourth-order valence-electron chi connectivity index (χ4n) is 2.23. The van der Waals surface area contributed by atoms with Gasteiger partial charge < -0.3 is 23.7 Å². The summed E-state index contributed by atoms with van der Waals surface area (Å²) in [6, 6.07) is 10.3. The van der Waals surface area contributed by atoms with Gasteiger partial charge in [-0.1, -0.05) is 30.3 Å². The third-order valence-electron chi connectivity index (χ3n) is 3.48. The molecule has 0 aliphatic carbocycles. The van der Waals surface area contributed by atoms with Crippen molar-refractivity contribution in [2.75, 3.05) is 71.0 Å². The van der Waals surface area contributed by atoms with E-state index >= 15 is 0 Å². The van der Waals surface area contributed by atoms with Crippen molar-refractivity contribution in [2.24, 2.45) is 0 Å². The predicted octanol–water partition coefficient (Wildman–Crippen LogP) is 2.56. The van der Waals surface area contributed by atoms with Crippen LogP contribution in [0, 0.1) is 0 Å². The van der Waals surface area contributed by atoms with Gasteiger partial charge in [0.25, 0.3) is 0 Å². The zero-order valence-corrected chi connectivity index (χ0v) is 15.0. The molecule has 1 saturated heterocycles. The van der Waals surface area contributed by atoms with Crippen LogP contribution in [0.25, 0.3) is 0 Å². The molecule has 0 bridgehead atoms. The van der Waals surface area contributed by atoms with E-state index in [1.54, 1.807) is 0 Å². The Kier molecular flexibility index (Phi) is 11.2. The molecule has 6 heteroatoms. The van der Waals surface area contributed by atoms with E-state index in [4.69, 9.17) is 23.7 Å². The first-order valence-corrected chi connectivity index (χ1v) is 9.67. The minimum absolute atomic E-state index is 0.0817. The van der Waals surface area contributed by atoms with Crippen molar-refractivity contribution >= 4 is 11.8 Å². The first kappa shape index (κ1) is 19.7. The third kappa shape index (κ3) is 9.01. The summed E-state index contributed by atoms with van der Waals surface area (Å²) in [6.45, 7) is 5.48. The second-order valence-corrected chi connectivity index (χ2v) is 6.44. The minimum Gasteiger partial charge on any atom is -0.378 e. The monoisotopic (exact) mass is 356 g/mol. The summed E-state index contributed by atoms with van der Waals surface area (Å²) in [6.07, 6.45) is 0.0817. The van der Waals surface area contributed by atoms with Crippen molar-refractivity contribution in [1.82, 2.24) is 0 Å². The summed E-state index contributed by atoms with van der Waals surface area (Å²) < 4.78 is 28.0. The Labute approximate surface area is 148 Å². The van der Waals surface area contributed by atoms with Crippen LogP contribution in [-0.2, 0) is 23.7 Å². The number of hydrogen-bond donors (Lipinski definition) is 0. The van der Waals surface area contributed by atoms with Crippen LogP contribution in [-0.4, -0.2) is 71.0 Å². The molecular formula is C18H28O5S. The highest BCUT2D eigenvalue weighted by Gasteiger charge is 2.12. The fraction of sp³-hybridized carbons (Fsp3) is 0.667. The van der Waals surface area contributed by atoms with Gasteiger partial charge in [0.2, 0.25) is 0 Å². The van der Waals surface area contributed by atoms with Crippen molar-refractivity contribution in [1.29, 1.82) is 0 Å². The van der Waals surface area contributed by atoms with Gasteiger partial charge in [-0.25, -0.2) is 0 Å². The summed E-state index contributed by atoms with van der Waals surface area (Å²) in [7, 11) is 0. The van der Waals surface area contributed by atoms with Gasteiger partial charge in [0.05, 0.1) is 65.6 Å². The van der Waals surface area contributed by atoms with Crippen LogP contribution in [0.1, 0.15) is 11.7 Å². The van der Waals surface area contributed by atoms with E-state index in [9.17, 15) is 0 Å². The summed E-state index contributed by atoms with van der Waals surface area (Å²) in [5.41, 5.74) is 1.21. The lowest BCUT2D eigenvalue weighted by molar-refractivity contribution is -0.0196. The van der Waals surface area contributed by atoms with E-state index in [2.05, 4.69) is 12.1 Å². The number of hydrogen-bond acceptors (Lipinski definition) is 6. The molecule has 5 nitrogen and oxygen atoms in total. The summed E-state index contributed by atoms with van der Waals surface area (Å²) in [5, 5.41) is 0. The van der Waals surface area contributed by atoms with Crippen molar-refractivity contribution in [3.63, 3.8) is 0 Å². The smallest absolute Gasteiger partial charge is 0.0916 e. The fourth-order valence-corrected chi connectivity index (χ4v) is 3.13. The molecule has 1 atom stereocenters. The predicted molar refractivity (Wildman–Crippen MR) is 95.7 cm³/mol. The van der Waals surface area contributed by atoms with Crippen molar-refractivity contribution in [3.05, 3.63) is 35.9 Å². The Morgan fingerprint density at radius 1 is 0.667 bits per heavy atom. The molecule has 0 N–H and O–H groups in total. The van der Waals surface area contributed by atoms with Crippen LogP contribution in [0.2, 0.25) is 0 Å². The van der Waals surface area contributed by atoms with Gasteiger partial charge in [-0.15, -0.1) is 0 Å². The lowest BCUT2D eigenvalue weighted by atomic mass is 10.1. The molecule has 1 aromatic carbocycles. The van der Waals surface area contributed by atoms with Crippen LogP contribution in [0.4, 0.5) is 0 Å². The molecular weight excluding hydrogens is 328 g/mol. The van der Waals surface area contributed by atoms with E-state index in [-0.39, 0.29) is 6.10 Å². The molecule has 0 amide bonds. The van der Waals surface area contributed by atoms with Gasteiger partial charge in [-0.05, 0) is 5.56 Å². The van der Waals surface area contributed by atoms with Crippen molar-refractivity contribution in [3.8, 4) is 0 Å². The van der Waals surface area contributed by atoms with Gasteiger partial charge in [0.15, 0.2) is 0 Å². The summed E-state index contributed by atoms with van der Waals surface area (Å²) >= 11 is 1.85. The van der Waals surface area contributed by atoms with E-state index in [0.29, 0.717) is 52.9 Å². The molecule has 1 fully saturated rings. The Balaban J connectivity index is 1.77. The van der Waals surface area contributed by atoms with Gasteiger partial charge in [0, 0.05) is 11.5 Å². The zero-order valence-electron chi connectivity index (χ0n) is 14.2. The van der Waals surface area contributed by atoms with Crippen LogP contribution in [0.5, 0.6) is 0 Å². The standard InChI is InChI=1S/C18H28O5S/c1-2-4-17(5-3-1)18-16-24-15-14-22-11-10-20-7-6-19-8-9-21-12-13-23-18/h1-5,18H,6-16H2. The molecule has 1 aromatic rings. The number of rotatable bonds is 1. The first-order chi connectivity index (χ1) is 12.0. The SMILES string of the molecule is c1ccc(C2CSCCOCCOCCOCCOCCO2)cc1. The zero-order chi connectivity index (χ0) is 16.7. The maximum atomic E-state index is 6.03. The van der Waals surface area contributed by atoms with Crippen LogP contribution >= 0.6 is 11.8 Å². The first-order valence-electron chi connectivity index (χ1n) is 8.52. The second kappa shape index (κ2) is 13.6. The molecule has 0 spiro atoms. The van der Waals surface area contributed by atoms with Gasteiger partial charge in [-0.2, -0.15) is 11.8 Å². The van der Waals surface area contributed by atoms with E-state index in [1.807, 2.05) is 30.0 Å². The van der Waals surface area contributed by atoms with Gasteiger partial charge in [-0.3, -0.25) is 0 Å². The lowest BCUT2D eigenvalue weighted by Gasteiger charge is -2.18. The maximum absolute atomic E-state index is 6.03. The summed E-state index contributed by atoms with van der Waals surface area (Å²) in [5.74, 6) is 1.86. The van der Waals surface area contributed by atoms with Crippen LogP contribution < -0.4 is 0 Å². The highest BCUT2D eigenvalue weighted by atomic mass is 32.2. The summed E-state index contributed by atoms with van der Waals surface area (Å²) in [4.78, 5) is 0. The Morgan fingerprint density at radius 3 is 1.83 bits per heavy atom. The average molecular weight is 356 g/mol. The molecule has 1 aliphatic heterocycles. The second-order valence-electron chi connectivity index (χ2n) is 5.29. The Hall–Kier alpha value is -0.630. The highest BCUT2D eigenvalue weighted by molar-refractivity contribution is 7.99. The molecule has 0 saturated carbocycles. The van der Waals surface area contributed by atoms with Crippen LogP contribution in [0.3, 0.4) is 0 Å². The van der Waals surface area contributed by atoms with Crippen molar-refractivity contribution in [2.45, 2.75) is 6.10 Å². The molecule has 1 aliphatic rings. The van der Waals surface area contributed by atoms with Crippen molar-refractivity contribution < 1.29 is 23.7 Å². The molecule has 1 heterocycles.